The molecule has 0 fully saturated rings. The Bertz CT molecular complexity index is 970. The first-order valence-corrected chi connectivity index (χ1v) is 10.9. The summed E-state index contributed by atoms with van der Waals surface area (Å²) < 4.78 is 18.0. The Hall–Kier alpha value is -2.98. The molecule has 0 amide bonds. The molecule has 0 radical (unpaired) electrons. The van der Waals surface area contributed by atoms with Crippen molar-refractivity contribution >= 4 is 0 Å². The number of methoxy groups -OCH3 is 1. The summed E-state index contributed by atoms with van der Waals surface area (Å²) in [5.41, 5.74) is 3.60. The molecule has 1 heterocycles. The zero-order valence-electron chi connectivity index (χ0n) is 18.6. The summed E-state index contributed by atoms with van der Waals surface area (Å²) in [6.45, 7) is 0.969. The van der Waals surface area contributed by atoms with E-state index in [9.17, 15) is 0 Å². The smallest absolute Gasteiger partial charge is 0.125 e. The predicted octanol–water partition coefficient (Wildman–Crippen LogP) is 5.83. The highest BCUT2D eigenvalue weighted by Gasteiger charge is 2.22. The molecule has 0 aromatic heterocycles. The van der Waals surface area contributed by atoms with Crippen molar-refractivity contribution in [1.29, 1.82) is 0 Å². The van der Waals surface area contributed by atoms with Crippen LogP contribution >= 0.6 is 0 Å². The lowest BCUT2D eigenvalue weighted by molar-refractivity contribution is 0.169. The van der Waals surface area contributed by atoms with Gasteiger partial charge in [-0.05, 0) is 74.0 Å². The van der Waals surface area contributed by atoms with Crippen LogP contribution < -0.4 is 14.2 Å². The lowest BCUT2D eigenvalue weighted by Gasteiger charge is -2.28. The van der Waals surface area contributed by atoms with Crippen LogP contribution in [0.25, 0.3) is 0 Å². The minimum Gasteiger partial charge on any atom is -0.497 e. The summed E-state index contributed by atoms with van der Waals surface area (Å²) in [4.78, 5) is 2.19. The Balaban J connectivity index is 1.47. The van der Waals surface area contributed by atoms with Gasteiger partial charge in [-0.15, -0.1) is 0 Å². The fourth-order valence-corrected chi connectivity index (χ4v) is 3.99. The van der Waals surface area contributed by atoms with Crippen molar-refractivity contribution < 1.29 is 14.2 Å². The maximum absolute atomic E-state index is 6.46. The van der Waals surface area contributed by atoms with Crippen LogP contribution in [0.2, 0.25) is 0 Å². The van der Waals surface area contributed by atoms with E-state index < -0.39 is 0 Å². The van der Waals surface area contributed by atoms with Crippen LogP contribution in [0, 0.1) is 0 Å². The van der Waals surface area contributed by atoms with Crippen molar-refractivity contribution in [3.63, 3.8) is 0 Å². The van der Waals surface area contributed by atoms with E-state index >= 15 is 0 Å². The molecule has 0 saturated heterocycles. The van der Waals surface area contributed by atoms with Gasteiger partial charge in [-0.1, -0.05) is 42.5 Å². The average Bonchev–Trinajstić information content (AvgIpc) is 2.82. The molecule has 1 aliphatic heterocycles. The molecule has 0 bridgehead atoms. The van der Waals surface area contributed by atoms with Crippen molar-refractivity contribution in [3.05, 3.63) is 89.5 Å². The van der Waals surface area contributed by atoms with Gasteiger partial charge in [0.1, 0.15) is 29.5 Å². The fourth-order valence-electron chi connectivity index (χ4n) is 3.99. The van der Waals surface area contributed by atoms with Gasteiger partial charge in [0.2, 0.25) is 0 Å². The van der Waals surface area contributed by atoms with Gasteiger partial charge in [0.15, 0.2) is 0 Å². The molecule has 3 aromatic carbocycles. The normalized spacial score (nSPS) is 16.3. The number of rotatable bonds is 8. The van der Waals surface area contributed by atoms with Gasteiger partial charge in [0, 0.05) is 13.0 Å². The van der Waals surface area contributed by atoms with Crippen molar-refractivity contribution in [2.75, 3.05) is 27.7 Å². The Morgan fingerprint density at radius 3 is 2.42 bits per heavy atom. The molecule has 31 heavy (non-hydrogen) atoms. The first-order chi connectivity index (χ1) is 15.1. The van der Waals surface area contributed by atoms with Gasteiger partial charge in [-0.2, -0.15) is 0 Å². The van der Waals surface area contributed by atoms with Gasteiger partial charge >= 0.3 is 0 Å². The highest BCUT2D eigenvalue weighted by Crippen LogP contribution is 2.38. The Morgan fingerprint density at radius 1 is 0.968 bits per heavy atom. The average molecular weight is 418 g/mol. The van der Waals surface area contributed by atoms with Gasteiger partial charge in [0.25, 0.3) is 0 Å². The SMILES string of the molecule is COc1ccc(C2CCc3cc(OC(CCN(C)C)c4ccccc4)ccc3O2)cc1. The molecule has 1 aliphatic rings. The minimum atomic E-state index is 0.0261. The summed E-state index contributed by atoms with van der Waals surface area (Å²) in [5, 5.41) is 0. The molecule has 4 heteroatoms. The predicted molar refractivity (Wildman–Crippen MR) is 124 cm³/mol. The summed E-state index contributed by atoms with van der Waals surface area (Å²) in [6.07, 6.45) is 2.95. The monoisotopic (exact) mass is 417 g/mol. The van der Waals surface area contributed by atoms with E-state index in [-0.39, 0.29) is 12.2 Å². The summed E-state index contributed by atoms with van der Waals surface area (Å²) in [6, 6.07) is 24.8. The Labute approximate surface area is 185 Å². The second-order valence-electron chi connectivity index (χ2n) is 8.30. The fraction of sp³-hybridized carbons (Fsp3) is 0.333. The first kappa shape index (κ1) is 21.3. The van der Waals surface area contributed by atoms with Crippen molar-refractivity contribution in [2.24, 2.45) is 0 Å². The third kappa shape index (κ3) is 5.39. The zero-order chi connectivity index (χ0) is 21.6. The van der Waals surface area contributed by atoms with E-state index in [1.165, 1.54) is 16.7 Å². The van der Waals surface area contributed by atoms with E-state index in [4.69, 9.17) is 14.2 Å². The number of fused-ring (bicyclic) bond motifs is 1. The van der Waals surface area contributed by atoms with Gasteiger partial charge in [0.05, 0.1) is 7.11 Å². The quantitative estimate of drug-likeness (QED) is 0.461. The molecular weight excluding hydrogens is 386 g/mol. The van der Waals surface area contributed by atoms with Crippen LogP contribution in [-0.2, 0) is 6.42 Å². The number of nitrogens with zero attached hydrogens (tertiary/aromatic N) is 1. The van der Waals surface area contributed by atoms with E-state index in [1.54, 1.807) is 7.11 Å². The lowest BCUT2D eigenvalue weighted by atomic mass is 9.97. The topological polar surface area (TPSA) is 30.9 Å². The Morgan fingerprint density at radius 2 is 1.71 bits per heavy atom. The number of hydrogen-bond acceptors (Lipinski definition) is 4. The van der Waals surface area contributed by atoms with Crippen molar-refractivity contribution in [2.45, 2.75) is 31.5 Å². The molecular formula is C27H31NO3. The zero-order valence-corrected chi connectivity index (χ0v) is 18.6. The van der Waals surface area contributed by atoms with Crippen LogP contribution in [-0.4, -0.2) is 32.6 Å². The second-order valence-corrected chi connectivity index (χ2v) is 8.30. The molecule has 3 aromatic rings. The van der Waals surface area contributed by atoms with Crippen LogP contribution in [0.1, 0.15) is 41.7 Å². The van der Waals surface area contributed by atoms with E-state index in [0.29, 0.717) is 0 Å². The van der Waals surface area contributed by atoms with E-state index in [0.717, 1.165) is 43.1 Å². The number of benzene rings is 3. The molecule has 4 rings (SSSR count). The maximum Gasteiger partial charge on any atom is 0.125 e. The van der Waals surface area contributed by atoms with Gasteiger partial charge in [-0.3, -0.25) is 0 Å². The summed E-state index contributed by atoms with van der Waals surface area (Å²) >= 11 is 0. The second kappa shape index (κ2) is 9.88. The third-order valence-electron chi connectivity index (χ3n) is 5.75. The molecule has 2 unspecified atom stereocenters. The number of ether oxygens (including phenoxy) is 3. The molecule has 0 N–H and O–H groups in total. The van der Waals surface area contributed by atoms with Crippen LogP contribution in [0.5, 0.6) is 17.2 Å². The van der Waals surface area contributed by atoms with Crippen LogP contribution in [0.3, 0.4) is 0 Å². The van der Waals surface area contributed by atoms with Crippen LogP contribution in [0.4, 0.5) is 0 Å². The van der Waals surface area contributed by atoms with E-state index in [2.05, 4.69) is 61.5 Å². The number of aryl methyl sites for hydroxylation is 1. The largest absolute Gasteiger partial charge is 0.497 e. The highest BCUT2D eigenvalue weighted by atomic mass is 16.5. The molecule has 0 saturated carbocycles. The molecule has 0 aliphatic carbocycles. The minimum absolute atomic E-state index is 0.0261. The Kier molecular flexibility index (Phi) is 6.78. The standard InChI is InChI=1S/C27H31NO3/c1-28(2)18-17-27(20-7-5-4-6-8-20)30-24-14-16-26-22(19-24)11-15-25(31-26)21-9-12-23(29-3)13-10-21/h4-10,12-14,16,19,25,27H,11,15,17-18H2,1-3H3. The van der Waals surface area contributed by atoms with Gasteiger partial charge in [-0.25, -0.2) is 0 Å². The molecule has 162 valence electrons. The highest BCUT2D eigenvalue weighted by molar-refractivity contribution is 5.43. The maximum atomic E-state index is 6.46. The summed E-state index contributed by atoms with van der Waals surface area (Å²) in [5.74, 6) is 2.71. The van der Waals surface area contributed by atoms with Crippen molar-refractivity contribution in [1.82, 2.24) is 4.90 Å². The van der Waals surface area contributed by atoms with Gasteiger partial charge < -0.3 is 19.1 Å². The number of hydrogen-bond donors (Lipinski definition) is 0. The van der Waals surface area contributed by atoms with Crippen molar-refractivity contribution in [3.8, 4) is 17.2 Å². The first-order valence-electron chi connectivity index (χ1n) is 10.9. The molecule has 0 spiro atoms. The van der Waals surface area contributed by atoms with Crippen LogP contribution in [0.15, 0.2) is 72.8 Å². The third-order valence-corrected chi connectivity index (χ3v) is 5.75. The lowest BCUT2D eigenvalue weighted by Crippen LogP contribution is -2.19. The molecule has 2 atom stereocenters. The van der Waals surface area contributed by atoms with E-state index in [1.807, 2.05) is 30.3 Å². The summed E-state index contributed by atoms with van der Waals surface area (Å²) in [7, 11) is 5.87. The molecule has 4 nitrogen and oxygen atoms in total.